The maximum absolute atomic E-state index is 12.8. The van der Waals surface area contributed by atoms with Gasteiger partial charge in [-0.1, -0.05) is 32.4 Å². The zero-order valence-electron chi connectivity index (χ0n) is 20.6. The van der Waals surface area contributed by atoms with Gasteiger partial charge in [-0.2, -0.15) is 0 Å². The van der Waals surface area contributed by atoms with Gasteiger partial charge in [-0.3, -0.25) is 9.59 Å². The molecule has 33 heavy (non-hydrogen) atoms. The number of carbonyl (C=O) groups excluding carboxylic acids is 2. The van der Waals surface area contributed by atoms with E-state index in [1.165, 1.54) is 11.3 Å². The van der Waals surface area contributed by atoms with E-state index in [2.05, 4.69) is 11.1 Å². The van der Waals surface area contributed by atoms with Crippen LogP contribution in [0, 0.1) is 11.3 Å². The number of aliphatic hydroxyl groups is 2. The number of allylic oxidation sites excluding steroid dienone is 1. The van der Waals surface area contributed by atoms with Gasteiger partial charge in [-0.05, 0) is 57.1 Å². The van der Waals surface area contributed by atoms with E-state index in [4.69, 9.17) is 4.74 Å². The molecule has 3 unspecified atom stereocenters. The number of thiazole rings is 1. The molecule has 0 saturated carbocycles. The maximum Gasteiger partial charge on any atom is 0.306 e. The fraction of sp³-hybridized carbons (Fsp3) is 0.654. The highest BCUT2D eigenvalue weighted by Gasteiger charge is 2.31. The predicted molar refractivity (Wildman–Crippen MR) is 132 cm³/mol. The van der Waals surface area contributed by atoms with E-state index in [9.17, 15) is 19.8 Å². The van der Waals surface area contributed by atoms with Crippen molar-refractivity contribution in [1.82, 2.24) is 4.98 Å². The van der Waals surface area contributed by atoms with Crippen molar-refractivity contribution in [1.29, 1.82) is 0 Å². The molecule has 1 aliphatic rings. The number of aliphatic hydroxyl groups excluding tert-OH is 2. The number of hydrogen-bond acceptors (Lipinski definition) is 7. The zero-order chi connectivity index (χ0) is 24.6. The van der Waals surface area contributed by atoms with Crippen molar-refractivity contribution in [2.75, 3.05) is 0 Å². The van der Waals surface area contributed by atoms with Crippen LogP contribution in [-0.2, 0) is 20.9 Å². The van der Waals surface area contributed by atoms with Gasteiger partial charge in [0.15, 0.2) is 0 Å². The van der Waals surface area contributed by atoms with E-state index in [1.807, 2.05) is 46.1 Å². The summed E-state index contributed by atoms with van der Waals surface area (Å²) in [4.78, 5) is 29.9. The SMILES string of the molecule is C/C1=C\CCCC(C)C(O)CC(=O)C(C)(C)CCC(=O)OC(/C(C)=C/c2csc(CO)n2)C1. The molecule has 0 spiro atoms. The van der Waals surface area contributed by atoms with Gasteiger partial charge < -0.3 is 14.9 Å². The lowest BCUT2D eigenvalue weighted by molar-refractivity contribution is -0.148. The van der Waals surface area contributed by atoms with Crippen molar-refractivity contribution >= 4 is 29.2 Å². The Morgan fingerprint density at radius 3 is 2.73 bits per heavy atom. The van der Waals surface area contributed by atoms with Gasteiger partial charge in [0.05, 0.1) is 18.4 Å². The fourth-order valence-electron chi connectivity index (χ4n) is 3.88. The van der Waals surface area contributed by atoms with Crippen LogP contribution in [0.1, 0.15) is 90.3 Å². The number of esters is 1. The maximum atomic E-state index is 12.8. The highest BCUT2D eigenvalue weighted by Crippen LogP contribution is 2.29. The van der Waals surface area contributed by atoms with E-state index < -0.39 is 17.6 Å². The molecule has 2 N–H and O–H groups in total. The Kier molecular flexibility index (Phi) is 10.5. The number of hydrogen-bond donors (Lipinski definition) is 2. The first-order valence-electron chi connectivity index (χ1n) is 11.8. The highest BCUT2D eigenvalue weighted by atomic mass is 32.1. The molecule has 7 heteroatoms. The first kappa shape index (κ1) is 27.4. The first-order valence-corrected chi connectivity index (χ1v) is 12.7. The molecular formula is C26H39NO5S. The fourth-order valence-corrected chi connectivity index (χ4v) is 4.49. The Balaban J connectivity index is 2.24. The summed E-state index contributed by atoms with van der Waals surface area (Å²) in [5.74, 6) is -0.304. The minimum Gasteiger partial charge on any atom is -0.457 e. The molecule has 0 aromatic carbocycles. The Morgan fingerprint density at radius 2 is 2.06 bits per heavy atom. The monoisotopic (exact) mass is 477 g/mol. The van der Waals surface area contributed by atoms with Gasteiger partial charge in [0.1, 0.15) is 16.9 Å². The summed E-state index contributed by atoms with van der Waals surface area (Å²) in [6.07, 6.45) is 6.87. The van der Waals surface area contributed by atoms with Gasteiger partial charge in [0.25, 0.3) is 0 Å². The lowest BCUT2D eigenvalue weighted by Gasteiger charge is -2.27. The van der Waals surface area contributed by atoms with Crippen LogP contribution in [0.4, 0.5) is 0 Å². The summed E-state index contributed by atoms with van der Waals surface area (Å²) in [5.41, 5.74) is 2.07. The van der Waals surface area contributed by atoms with Crippen LogP contribution < -0.4 is 0 Å². The largest absolute Gasteiger partial charge is 0.457 e. The van der Waals surface area contributed by atoms with Crippen molar-refractivity contribution in [3.05, 3.63) is 33.3 Å². The molecule has 0 saturated heterocycles. The first-order chi connectivity index (χ1) is 15.5. The normalized spacial score (nSPS) is 28.2. The highest BCUT2D eigenvalue weighted by molar-refractivity contribution is 7.09. The third-order valence-electron chi connectivity index (χ3n) is 6.49. The second-order valence-electron chi connectivity index (χ2n) is 9.93. The van der Waals surface area contributed by atoms with Gasteiger partial charge >= 0.3 is 5.97 Å². The molecule has 0 amide bonds. The molecule has 6 nitrogen and oxygen atoms in total. The molecule has 2 heterocycles. The smallest absolute Gasteiger partial charge is 0.306 e. The third-order valence-corrected chi connectivity index (χ3v) is 7.34. The van der Waals surface area contributed by atoms with Gasteiger partial charge in [0.2, 0.25) is 0 Å². The number of aromatic nitrogens is 1. The van der Waals surface area contributed by atoms with Crippen molar-refractivity contribution in [2.24, 2.45) is 11.3 Å². The van der Waals surface area contributed by atoms with Crippen LogP contribution in [-0.4, -0.2) is 39.2 Å². The number of cyclic esters (lactones) is 1. The van der Waals surface area contributed by atoms with Gasteiger partial charge in [-0.15, -0.1) is 11.3 Å². The summed E-state index contributed by atoms with van der Waals surface area (Å²) in [7, 11) is 0. The molecule has 1 aromatic heterocycles. The number of Topliss-reactive ketones (excluding diaryl/α,β-unsaturated/α-hetero) is 1. The minimum atomic E-state index is -0.700. The molecule has 0 bridgehead atoms. The van der Waals surface area contributed by atoms with Crippen molar-refractivity contribution in [2.45, 2.75) is 98.4 Å². The Hall–Kier alpha value is -1.83. The summed E-state index contributed by atoms with van der Waals surface area (Å²) < 4.78 is 5.87. The molecule has 184 valence electrons. The number of rotatable bonds is 3. The molecule has 0 fully saturated rings. The van der Waals surface area contributed by atoms with Crippen molar-refractivity contribution in [3.63, 3.8) is 0 Å². The van der Waals surface area contributed by atoms with E-state index in [1.54, 1.807) is 0 Å². The topological polar surface area (TPSA) is 96.7 Å². The molecule has 0 radical (unpaired) electrons. The van der Waals surface area contributed by atoms with Gasteiger partial charge in [-0.25, -0.2) is 4.98 Å². The Labute approximate surface area is 201 Å². The molecule has 1 aromatic rings. The van der Waals surface area contributed by atoms with Crippen LogP contribution >= 0.6 is 11.3 Å². The standard InChI is InChI=1S/C26H39NO5S/c1-17-8-6-7-9-18(2)21(29)14-23(30)26(4,5)11-10-25(31)32-22(12-17)19(3)13-20-16-33-24(15-28)27-20/h8,13,16,18,21-22,28-29H,6-7,9-12,14-15H2,1-5H3/b17-8+,19-13+. The average Bonchev–Trinajstić information content (AvgIpc) is 3.21. The molecular weight excluding hydrogens is 438 g/mol. The molecule has 2 rings (SSSR count). The predicted octanol–water partition coefficient (Wildman–Crippen LogP) is 5.23. The second kappa shape index (κ2) is 12.6. The van der Waals surface area contributed by atoms with E-state index in [-0.39, 0.29) is 37.1 Å². The molecule has 3 atom stereocenters. The van der Waals surface area contributed by atoms with Crippen molar-refractivity contribution in [3.8, 4) is 0 Å². The zero-order valence-corrected chi connectivity index (χ0v) is 21.4. The van der Waals surface area contributed by atoms with Crippen molar-refractivity contribution < 1.29 is 24.5 Å². The van der Waals surface area contributed by atoms with Crippen LogP contribution in [0.2, 0.25) is 0 Å². The lowest BCUT2D eigenvalue weighted by atomic mass is 9.79. The Morgan fingerprint density at radius 1 is 1.33 bits per heavy atom. The third kappa shape index (κ3) is 8.80. The van der Waals surface area contributed by atoms with Crippen LogP contribution in [0.3, 0.4) is 0 Å². The van der Waals surface area contributed by atoms with Crippen LogP contribution in [0.15, 0.2) is 22.6 Å². The Bertz CT molecular complexity index is 870. The van der Waals surface area contributed by atoms with Gasteiger partial charge in [0, 0.05) is 30.1 Å². The summed E-state index contributed by atoms with van der Waals surface area (Å²) in [6.45, 7) is 9.54. The average molecular weight is 478 g/mol. The van der Waals surface area contributed by atoms with E-state index in [0.717, 1.165) is 36.1 Å². The van der Waals surface area contributed by atoms with Crippen LogP contribution in [0.5, 0.6) is 0 Å². The summed E-state index contributed by atoms with van der Waals surface area (Å²) in [6, 6.07) is 0. The second-order valence-corrected chi connectivity index (χ2v) is 10.9. The minimum absolute atomic E-state index is 0.0201. The number of carbonyl (C=O) groups is 2. The molecule has 0 aliphatic carbocycles. The number of ether oxygens (including phenoxy) is 1. The summed E-state index contributed by atoms with van der Waals surface area (Å²) in [5, 5.41) is 22.3. The lowest BCUT2D eigenvalue weighted by Crippen LogP contribution is -2.31. The van der Waals surface area contributed by atoms with E-state index in [0.29, 0.717) is 17.8 Å². The number of nitrogens with zero attached hydrogens (tertiary/aromatic N) is 1. The summed E-state index contributed by atoms with van der Waals surface area (Å²) >= 11 is 1.39. The van der Waals surface area contributed by atoms with E-state index >= 15 is 0 Å². The molecule has 1 aliphatic heterocycles. The number of ketones is 1. The quantitative estimate of drug-likeness (QED) is 0.457. The van der Waals surface area contributed by atoms with Crippen LogP contribution in [0.25, 0.3) is 6.08 Å².